The van der Waals surface area contributed by atoms with Gasteiger partial charge in [-0.25, -0.2) is 8.42 Å². The second kappa shape index (κ2) is 6.70. The van der Waals surface area contributed by atoms with Gasteiger partial charge in [-0.05, 0) is 31.2 Å². The van der Waals surface area contributed by atoms with Gasteiger partial charge in [-0.2, -0.15) is 0 Å². The maximum Gasteiger partial charge on any atom is 0.162 e. The molecule has 2 rings (SSSR count). The molecule has 1 aliphatic rings. The van der Waals surface area contributed by atoms with Gasteiger partial charge in [0, 0.05) is 0 Å². The first kappa shape index (κ1) is 14.8. The van der Waals surface area contributed by atoms with Crippen LogP contribution in [-0.2, 0) is 15.6 Å². The lowest BCUT2D eigenvalue weighted by Crippen LogP contribution is -2.32. The Morgan fingerprint density at radius 1 is 1.15 bits per heavy atom. The molecule has 4 nitrogen and oxygen atoms in total. The first-order valence-electron chi connectivity index (χ1n) is 6.75. The van der Waals surface area contributed by atoms with Gasteiger partial charge in [-0.1, -0.05) is 47.6 Å². The second-order valence-electron chi connectivity index (χ2n) is 4.96. The lowest BCUT2D eigenvalue weighted by atomic mass is 10.0. The molecule has 1 aliphatic carbocycles. The Labute approximate surface area is 119 Å². The Kier molecular flexibility index (Phi) is 4.95. The summed E-state index contributed by atoms with van der Waals surface area (Å²) in [6.45, 7) is 0. The van der Waals surface area contributed by atoms with E-state index in [0.717, 1.165) is 12.0 Å². The molecule has 5 heteroatoms. The highest BCUT2D eigenvalue weighted by Crippen LogP contribution is 2.21. The molecule has 0 aromatic heterocycles. The average Bonchev–Trinajstić information content (AvgIpc) is 2.39. The van der Waals surface area contributed by atoms with Gasteiger partial charge in [0.15, 0.2) is 9.84 Å². The Morgan fingerprint density at radius 2 is 1.85 bits per heavy atom. The van der Waals surface area contributed by atoms with E-state index in [-0.39, 0.29) is 5.75 Å². The van der Waals surface area contributed by atoms with E-state index in [1.165, 1.54) is 0 Å². The normalized spacial score (nSPS) is 22.4. The smallest absolute Gasteiger partial charge is 0.162 e. The summed E-state index contributed by atoms with van der Waals surface area (Å²) in [5.41, 5.74) is 1.15. The van der Waals surface area contributed by atoms with Crippen LogP contribution in [-0.4, -0.2) is 24.6 Å². The van der Waals surface area contributed by atoms with Crippen LogP contribution in [0.25, 0.3) is 0 Å². The lowest BCUT2D eigenvalue weighted by molar-refractivity contribution is 0.316. The molecule has 1 aromatic rings. The van der Waals surface area contributed by atoms with Crippen LogP contribution in [0.4, 0.5) is 0 Å². The van der Waals surface area contributed by atoms with Gasteiger partial charge in [0.25, 0.3) is 0 Å². The van der Waals surface area contributed by atoms with Gasteiger partial charge < -0.3 is 5.21 Å². The largest absolute Gasteiger partial charge is 0.411 e. The molecule has 1 atom stereocenters. The first-order valence-corrected chi connectivity index (χ1v) is 8.46. The SMILES string of the molecule is O=S(=O)(Cc1ccccc1)C1CCC=CCCC1=NO. The van der Waals surface area contributed by atoms with Gasteiger partial charge >= 0.3 is 0 Å². The number of benzene rings is 1. The molecule has 0 saturated heterocycles. The fourth-order valence-electron chi connectivity index (χ4n) is 2.45. The second-order valence-corrected chi connectivity index (χ2v) is 7.14. The number of oxime groups is 1. The molecule has 1 unspecified atom stereocenters. The van der Waals surface area contributed by atoms with Gasteiger partial charge in [0.1, 0.15) is 5.25 Å². The molecule has 0 amide bonds. The molecule has 0 bridgehead atoms. The van der Waals surface area contributed by atoms with E-state index < -0.39 is 15.1 Å². The molecule has 20 heavy (non-hydrogen) atoms. The van der Waals surface area contributed by atoms with Crippen molar-refractivity contribution in [2.24, 2.45) is 5.16 Å². The van der Waals surface area contributed by atoms with E-state index in [1.807, 2.05) is 30.4 Å². The summed E-state index contributed by atoms with van der Waals surface area (Å²) in [7, 11) is -3.36. The van der Waals surface area contributed by atoms with Gasteiger partial charge in [0.05, 0.1) is 11.5 Å². The maximum absolute atomic E-state index is 12.6. The summed E-state index contributed by atoms with van der Waals surface area (Å²) in [6.07, 6.45) is 6.38. The van der Waals surface area contributed by atoms with Crippen molar-refractivity contribution in [2.45, 2.75) is 36.7 Å². The Balaban J connectivity index is 2.24. The number of hydrogen-bond donors (Lipinski definition) is 1. The zero-order valence-corrected chi connectivity index (χ0v) is 12.1. The van der Waals surface area contributed by atoms with Gasteiger partial charge in [-0.15, -0.1) is 0 Å². The zero-order valence-electron chi connectivity index (χ0n) is 11.3. The number of rotatable bonds is 3. The van der Waals surface area contributed by atoms with Crippen LogP contribution >= 0.6 is 0 Å². The van der Waals surface area contributed by atoms with Gasteiger partial charge in [-0.3, -0.25) is 0 Å². The van der Waals surface area contributed by atoms with Crippen LogP contribution in [0, 0.1) is 0 Å². The molecule has 108 valence electrons. The minimum atomic E-state index is -3.36. The van der Waals surface area contributed by atoms with Crippen LogP contribution in [0.15, 0.2) is 47.6 Å². The number of allylic oxidation sites excluding steroid dienone is 2. The predicted octanol–water partition coefficient (Wildman–Crippen LogP) is 2.93. The topological polar surface area (TPSA) is 66.7 Å². The molecular weight excluding hydrogens is 274 g/mol. The minimum Gasteiger partial charge on any atom is -0.411 e. The third-order valence-electron chi connectivity index (χ3n) is 3.47. The summed E-state index contributed by atoms with van der Waals surface area (Å²) in [5.74, 6) is -0.0127. The van der Waals surface area contributed by atoms with Crippen LogP contribution in [0.5, 0.6) is 0 Å². The van der Waals surface area contributed by atoms with Crippen molar-refractivity contribution in [1.82, 2.24) is 0 Å². The predicted molar refractivity (Wildman–Crippen MR) is 79.7 cm³/mol. The lowest BCUT2D eigenvalue weighted by Gasteiger charge is -2.19. The summed E-state index contributed by atoms with van der Waals surface area (Å²) in [4.78, 5) is 0. The van der Waals surface area contributed by atoms with Crippen LogP contribution in [0.3, 0.4) is 0 Å². The Morgan fingerprint density at radius 3 is 2.55 bits per heavy atom. The zero-order chi connectivity index (χ0) is 14.4. The molecule has 0 aliphatic heterocycles. The molecular formula is C15H19NO3S. The summed E-state index contributed by atoms with van der Waals surface area (Å²) < 4.78 is 25.1. The van der Waals surface area contributed by atoms with Crippen molar-refractivity contribution < 1.29 is 13.6 Å². The maximum atomic E-state index is 12.6. The summed E-state index contributed by atoms with van der Waals surface area (Å²) in [5, 5.41) is 11.7. The minimum absolute atomic E-state index is 0.0127. The van der Waals surface area contributed by atoms with Crippen molar-refractivity contribution in [3.05, 3.63) is 48.0 Å². The van der Waals surface area contributed by atoms with Crippen molar-refractivity contribution in [3.8, 4) is 0 Å². The van der Waals surface area contributed by atoms with E-state index >= 15 is 0 Å². The van der Waals surface area contributed by atoms with Crippen LogP contribution in [0.1, 0.15) is 31.2 Å². The van der Waals surface area contributed by atoms with Crippen molar-refractivity contribution in [2.75, 3.05) is 0 Å². The van der Waals surface area contributed by atoms with Crippen molar-refractivity contribution >= 4 is 15.5 Å². The van der Waals surface area contributed by atoms with E-state index in [0.29, 0.717) is 25.0 Å². The molecule has 0 fully saturated rings. The fourth-order valence-corrected chi connectivity index (χ4v) is 4.38. The molecule has 0 heterocycles. The third kappa shape index (κ3) is 3.70. The highest BCUT2D eigenvalue weighted by atomic mass is 32.2. The van der Waals surface area contributed by atoms with E-state index in [1.54, 1.807) is 12.1 Å². The standard InChI is InChI=1S/C15H19NO3S/c17-16-14-10-6-1-2-7-11-15(14)20(18,19)12-13-8-4-3-5-9-13/h1-5,8-9,15,17H,6-7,10-12H2. The van der Waals surface area contributed by atoms with Crippen LogP contribution in [0.2, 0.25) is 0 Å². The third-order valence-corrected chi connectivity index (χ3v) is 5.58. The Bertz CT molecular complexity index is 591. The quantitative estimate of drug-likeness (QED) is 0.529. The highest BCUT2D eigenvalue weighted by Gasteiger charge is 2.30. The molecule has 0 spiro atoms. The monoisotopic (exact) mass is 293 g/mol. The summed E-state index contributed by atoms with van der Waals surface area (Å²) in [6, 6.07) is 9.11. The van der Waals surface area contributed by atoms with E-state index in [9.17, 15) is 8.42 Å². The van der Waals surface area contributed by atoms with Crippen molar-refractivity contribution in [1.29, 1.82) is 0 Å². The first-order chi connectivity index (χ1) is 9.63. The van der Waals surface area contributed by atoms with Crippen LogP contribution < -0.4 is 0 Å². The fraction of sp³-hybridized carbons (Fsp3) is 0.400. The van der Waals surface area contributed by atoms with E-state index in [4.69, 9.17) is 5.21 Å². The highest BCUT2D eigenvalue weighted by molar-refractivity contribution is 7.92. The molecule has 0 saturated carbocycles. The van der Waals surface area contributed by atoms with Gasteiger partial charge in [0.2, 0.25) is 0 Å². The van der Waals surface area contributed by atoms with Crippen molar-refractivity contribution in [3.63, 3.8) is 0 Å². The molecule has 1 aromatic carbocycles. The number of sulfone groups is 1. The number of nitrogens with zero attached hydrogens (tertiary/aromatic N) is 1. The molecule has 0 radical (unpaired) electrons. The van der Waals surface area contributed by atoms with E-state index in [2.05, 4.69) is 5.16 Å². The average molecular weight is 293 g/mol. The Hall–Kier alpha value is -1.62. The summed E-state index contributed by atoms with van der Waals surface area (Å²) >= 11 is 0. The molecule has 1 N–H and O–H groups in total. The number of hydrogen-bond acceptors (Lipinski definition) is 4.